The molecule has 0 saturated heterocycles. The second-order valence-electron chi connectivity index (χ2n) is 7.17. The largest absolute Gasteiger partial charge is 0.490 e. The monoisotopic (exact) mass is 247 g/mol. The summed E-state index contributed by atoms with van der Waals surface area (Å²) in [6, 6.07) is 4.50. The molecule has 0 unspecified atom stereocenters. The lowest BCUT2D eigenvalue weighted by molar-refractivity contribution is 0.321. The van der Waals surface area contributed by atoms with E-state index in [2.05, 4.69) is 59.0 Å². The molecule has 1 heterocycles. The van der Waals surface area contributed by atoms with Crippen LogP contribution in [0, 0.1) is 0 Å². The first kappa shape index (κ1) is 13.3. The molecule has 1 N–H and O–H groups in total. The van der Waals surface area contributed by atoms with Crippen molar-refractivity contribution in [3.8, 4) is 5.75 Å². The van der Waals surface area contributed by atoms with Crippen molar-refractivity contribution < 1.29 is 4.74 Å². The Bertz CT molecular complexity index is 406. The minimum atomic E-state index is 0.137. The molecule has 0 bridgehead atoms. The lowest BCUT2D eigenvalue weighted by atomic mass is 9.75. The molecule has 0 aliphatic carbocycles. The summed E-state index contributed by atoms with van der Waals surface area (Å²) < 4.78 is 5.76. The predicted octanol–water partition coefficient (Wildman–Crippen LogP) is 4.09. The van der Waals surface area contributed by atoms with Gasteiger partial charge in [0.25, 0.3) is 0 Å². The molecule has 0 saturated carbocycles. The fraction of sp³-hybridized carbons (Fsp3) is 0.625. The number of hydrogen-bond acceptors (Lipinski definition) is 2. The van der Waals surface area contributed by atoms with Crippen molar-refractivity contribution in [2.24, 2.45) is 0 Å². The van der Waals surface area contributed by atoms with Gasteiger partial charge in [-0.25, -0.2) is 0 Å². The molecule has 1 aliphatic rings. The van der Waals surface area contributed by atoms with Gasteiger partial charge in [-0.2, -0.15) is 0 Å². The molecule has 0 aromatic heterocycles. The van der Waals surface area contributed by atoms with E-state index in [1.165, 1.54) is 11.1 Å². The number of hydrogen-bond donors (Lipinski definition) is 1. The maximum atomic E-state index is 5.76. The number of rotatable bonds is 0. The number of anilines is 1. The Morgan fingerprint density at radius 3 is 2.06 bits per heavy atom. The molecule has 0 atom stereocenters. The molecule has 100 valence electrons. The van der Waals surface area contributed by atoms with Gasteiger partial charge in [-0.3, -0.25) is 0 Å². The molecular weight excluding hydrogens is 222 g/mol. The zero-order valence-electron chi connectivity index (χ0n) is 12.5. The fourth-order valence-corrected chi connectivity index (χ4v) is 2.43. The van der Waals surface area contributed by atoms with Crippen LogP contribution in [-0.2, 0) is 10.8 Å². The molecule has 2 heteroatoms. The minimum Gasteiger partial charge on any atom is -0.490 e. The van der Waals surface area contributed by atoms with E-state index in [0.717, 1.165) is 24.6 Å². The SMILES string of the molecule is CC(C)(C)c1cc2c(cc1C(C)(C)C)OCCN2. The van der Waals surface area contributed by atoms with Crippen LogP contribution in [0.4, 0.5) is 5.69 Å². The quantitative estimate of drug-likeness (QED) is 0.745. The van der Waals surface area contributed by atoms with Gasteiger partial charge >= 0.3 is 0 Å². The molecule has 2 rings (SSSR count). The van der Waals surface area contributed by atoms with Crippen molar-refractivity contribution in [1.82, 2.24) is 0 Å². The average molecular weight is 247 g/mol. The maximum Gasteiger partial charge on any atom is 0.142 e. The van der Waals surface area contributed by atoms with Crippen molar-refractivity contribution in [3.63, 3.8) is 0 Å². The van der Waals surface area contributed by atoms with Gasteiger partial charge in [0.05, 0.1) is 5.69 Å². The van der Waals surface area contributed by atoms with Crippen LogP contribution >= 0.6 is 0 Å². The van der Waals surface area contributed by atoms with E-state index < -0.39 is 0 Å². The summed E-state index contributed by atoms with van der Waals surface area (Å²) in [5.41, 5.74) is 4.22. The Labute approximate surface area is 111 Å². The highest BCUT2D eigenvalue weighted by atomic mass is 16.5. The van der Waals surface area contributed by atoms with E-state index in [-0.39, 0.29) is 10.8 Å². The van der Waals surface area contributed by atoms with Crippen LogP contribution in [-0.4, -0.2) is 13.2 Å². The highest BCUT2D eigenvalue weighted by molar-refractivity contribution is 5.63. The van der Waals surface area contributed by atoms with Gasteiger partial charge < -0.3 is 10.1 Å². The van der Waals surface area contributed by atoms with Crippen molar-refractivity contribution in [2.75, 3.05) is 18.5 Å². The van der Waals surface area contributed by atoms with E-state index in [1.807, 2.05) is 0 Å². The first-order valence-electron chi connectivity index (χ1n) is 6.75. The van der Waals surface area contributed by atoms with Crippen LogP contribution in [0.3, 0.4) is 0 Å². The van der Waals surface area contributed by atoms with Crippen molar-refractivity contribution in [3.05, 3.63) is 23.3 Å². The molecule has 1 aliphatic heterocycles. The molecule has 2 nitrogen and oxygen atoms in total. The van der Waals surface area contributed by atoms with Crippen LogP contribution in [0.25, 0.3) is 0 Å². The van der Waals surface area contributed by atoms with Gasteiger partial charge in [-0.05, 0) is 34.1 Å². The van der Waals surface area contributed by atoms with E-state index in [1.54, 1.807) is 0 Å². The number of nitrogens with one attached hydrogen (secondary N) is 1. The third-order valence-electron chi connectivity index (χ3n) is 3.41. The molecule has 0 amide bonds. The molecule has 1 aromatic carbocycles. The first-order chi connectivity index (χ1) is 8.19. The third-order valence-corrected chi connectivity index (χ3v) is 3.41. The number of ether oxygens (including phenoxy) is 1. The second kappa shape index (κ2) is 4.18. The minimum absolute atomic E-state index is 0.137. The van der Waals surface area contributed by atoms with Gasteiger partial charge in [-0.15, -0.1) is 0 Å². The summed E-state index contributed by atoms with van der Waals surface area (Å²) in [6.45, 7) is 15.3. The van der Waals surface area contributed by atoms with Crippen LogP contribution in [0.1, 0.15) is 52.7 Å². The van der Waals surface area contributed by atoms with Crippen LogP contribution in [0.15, 0.2) is 12.1 Å². The van der Waals surface area contributed by atoms with Crippen LogP contribution in [0.2, 0.25) is 0 Å². The Kier molecular flexibility index (Phi) is 3.08. The lowest BCUT2D eigenvalue weighted by Crippen LogP contribution is -2.25. The molecule has 1 aromatic rings. The Hall–Kier alpha value is -1.18. The van der Waals surface area contributed by atoms with Gasteiger partial charge in [0.2, 0.25) is 0 Å². The third kappa shape index (κ3) is 2.47. The van der Waals surface area contributed by atoms with Crippen LogP contribution in [0.5, 0.6) is 5.75 Å². The Balaban J connectivity index is 2.63. The maximum absolute atomic E-state index is 5.76. The topological polar surface area (TPSA) is 21.3 Å². The Morgan fingerprint density at radius 2 is 1.50 bits per heavy atom. The molecule has 18 heavy (non-hydrogen) atoms. The van der Waals surface area contributed by atoms with Gasteiger partial charge in [0.15, 0.2) is 0 Å². The summed E-state index contributed by atoms with van der Waals surface area (Å²) >= 11 is 0. The van der Waals surface area contributed by atoms with Crippen molar-refractivity contribution >= 4 is 5.69 Å². The summed E-state index contributed by atoms with van der Waals surface area (Å²) in [5, 5.41) is 3.43. The first-order valence-corrected chi connectivity index (χ1v) is 6.75. The highest BCUT2D eigenvalue weighted by Crippen LogP contribution is 2.40. The van der Waals surface area contributed by atoms with E-state index >= 15 is 0 Å². The van der Waals surface area contributed by atoms with Gasteiger partial charge in [0.1, 0.15) is 12.4 Å². The van der Waals surface area contributed by atoms with Gasteiger partial charge in [0, 0.05) is 6.54 Å². The Morgan fingerprint density at radius 1 is 0.944 bits per heavy atom. The fourth-order valence-electron chi connectivity index (χ4n) is 2.43. The van der Waals surface area contributed by atoms with E-state index in [0.29, 0.717) is 0 Å². The number of fused-ring (bicyclic) bond motifs is 1. The summed E-state index contributed by atoms with van der Waals surface area (Å²) in [6.07, 6.45) is 0. The zero-order valence-corrected chi connectivity index (χ0v) is 12.5. The van der Waals surface area contributed by atoms with E-state index in [4.69, 9.17) is 4.74 Å². The van der Waals surface area contributed by atoms with Crippen LogP contribution < -0.4 is 10.1 Å². The molecular formula is C16H25NO. The smallest absolute Gasteiger partial charge is 0.142 e. The summed E-state index contributed by atoms with van der Waals surface area (Å²) in [5.74, 6) is 0.999. The standard InChI is InChI=1S/C16H25NO/c1-15(2,3)11-9-13-14(18-8-7-17-13)10-12(11)16(4,5)6/h9-10,17H,7-8H2,1-6H3. The molecule has 0 fully saturated rings. The molecule has 0 spiro atoms. The summed E-state index contributed by atoms with van der Waals surface area (Å²) in [4.78, 5) is 0. The van der Waals surface area contributed by atoms with Gasteiger partial charge in [-0.1, -0.05) is 41.5 Å². The molecule has 0 radical (unpaired) electrons. The lowest BCUT2D eigenvalue weighted by Gasteiger charge is -2.32. The van der Waals surface area contributed by atoms with Crippen molar-refractivity contribution in [2.45, 2.75) is 52.4 Å². The normalized spacial score (nSPS) is 15.7. The predicted molar refractivity (Wildman–Crippen MR) is 77.8 cm³/mol. The zero-order chi connectivity index (χ0) is 13.6. The number of benzene rings is 1. The van der Waals surface area contributed by atoms with Crippen molar-refractivity contribution in [1.29, 1.82) is 0 Å². The average Bonchev–Trinajstić information content (AvgIpc) is 2.25. The van der Waals surface area contributed by atoms with E-state index in [9.17, 15) is 0 Å². The highest BCUT2D eigenvalue weighted by Gasteiger charge is 2.27. The summed E-state index contributed by atoms with van der Waals surface area (Å²) in [7, 11) is 0. The second-order valence-corrected chi connectivity index (χ2v) is 7.17.